The molecular formula is C13H24O4. The lowest BCUT2D eigenvalue weighted by atomic mass is 9.82. The molecule has 1 unspecified atom stereocenters. The van der Waals surface area contributed by atoms with E-state index < -0.39 is 17.4 Å². The molecule has 0 aliphatic rings. The van der Waals surface area contributed by atoms with Crippen LogP contribution in [0.3, 0.4) is 0 Å². The Labute approximate surface area is 104 Å². The van der Waals surface area contributed by atoms with Gasteiger partial charge < -0.3 is 9.47 Å². The summed E-state index contributed by atoms with van der Waals surface area (Å²) in [5.74, 6) is -0.936. The molecule has 0 aromatic carbocycles. The van der Waals surface area contributed by atoms with E-state index in [2.05, 4.69) is 0 Å². The van der Waals surface area contributed by atoms with Crippen molar-refractivity contribution in [3.63, 3.8) is 0 Å². The molecule has 17 heavy (non-hydrogen) atoms. The first-order valence-electron chi connectivity index (χ1n) is 6.36. The molecule has 0 amide bonds. The molecular weight excluding hydrogens is 220 g/mol. The Balaban J connectivity index is 4.92. The van der Waals surface area contributed by atoms with E-state index in [0.717, 1.165) is 6.42 Å². The summed E-state index contributed by atoms with van der Waals surface area (Å²) in [6.45, 7) is 9.36. The molecule has 0 saturated carbocycles. The first-order chi connectivity index (χ1) is 7.98. The fourth-order valence-electron chi connectivity index (χ4n) is 1.56. The van der Waals surface area contributed by atoms with Gasteiger partial charge in [-0.2, -0.15) is 0 Å². The van der Waals surface area contributed by atoms with Crippen LogP contribution in [0.15, 0.2) is 0 Å². The summed E-state index contributed by atoms with van der Waals surface area (Å²) in [6.07, 6.45) is 1.36. The van der Waals surface area contributed by atoms with Crippen LogP contribution in [-0.4, -0.2) is 24.6 Å². The van der Waals surface area contributed by atoms with Crippen molar-refractivity contribution in [1.82, 2.24) is 0 Å². The normalized spacial score (nSPS) is 13.0. The Kier molecular flexibility index (Phi) is 6.85. The number of carbonyl (C=O) groups is 2. The quantitative estimate of drug-likeness (QED) is 0.510. The smallest absolute Gasteiger partial charge is 0.323 e. The largest absolute Gasteiger partial charge is 0.465 e. The highest BCUT2D eigenvalue weighted by molar-refractivity contribution is 6.00. The second-order valence-corrected chi connectivity index (χ2v) is 4.13. The first kappa shape index (κ1) is 15.9. The van der Waals surface area contributed by atoms with Gasteiger partial charge >= 0.3 is 11.9 Å². The van der Waals surface area contributed by atoms with Crippen molar-refractivity contribution < 1.29 is 19.1 Å². The summed E-state index contributed by atoms with van der Waals surface area (Å²) in [5, 5.41) is 0. The van der Waals surface area contributed by atoms with Crippen LogP contribution in [0.2, 0.25) is 0 Å². The van der Waals surface area contributed by atoms with Gasteiger partial charge in [-0.15, -0.1) is 0 Å². The van der Waals surface area contributed by atoms with E-state index in [9.17, 15) is 9.59 Å². The maximum Gasteiger partial charge on any atom is 0.323 e. The zero-order valence-electron chi connectivity index (χ0n) is 11.5. The van der Waals surface area contributed by atoms with Crippen molar-refractivity contribution in [2.45, 2.75) is 60.0 Å². The minimum atomic E-state index is -1.14. The van der Waals surface area contributed by atoms with Gasteiger partial charge in [0, 0.05) is 0 Å². The Morgan fingerprint density at radius 3 is 1.94 bits per heavy atom. The van der Waals surface area contributed by atoms with Crippen molar-refractivity contribution in [3.05, 3.63) is 0 Å². The maximum absolute atomic E-state index is 12.1. The van der Waals surface area contributed by atoms with Crippen LogP contribution in [0.1, 0.15) is 53.9 Å². The molecule has 0 aliphatic carbocycles. The predicted octanol–water partition coefficient (Wildman–Crippen LogP) is 2.70. The summed E-state index contributed by atoms with van der Waals surface area (Å²) >= 11 is 0. The molecule has 0 heterocycles. The van der Waals surface area contributed by atoms with E-state index in [1.54, 1.807) is 20.8 Å². The lowest BCUT2D eigenvalue weighted by Crippen LogP contribution is -2.42. The number of hydrogen-bond donors (Lipinski definition) is 0. The molecule has 0 fully saturated rings. The highest BCUT2D eigenvalue weighted by Gasteiger charge is 2.46. The minimum absolute atomic E-state index is 0.172. The van der Waals surface area contributed by atoms with Gasteiger partial charge in [0.25, 0.3) is 0 Å². The van der Waals surface area contributed by atoms with Gasteiger partial charge in [-0.25, -0.2) is 0 Å². The number of esters is 2. The van der Waals surface area contributed by atoms with E-state index in [1.165, 1.54) is 0 Å². The molecule has 0 aromatic heterocycles. The molecule has 0 saturated heterocycles. The van der Waals surface area contributed by atoms with Crippen molar-refractivity contribution in [1.29, 1.82) is 0 Å². The minimum Gasteiger partial charge on any atom is -0.465 e. The molecule has 0 bridgehead atoms. The molecule has 0 N–H and O–H groups in total. The van der Waals surface area contributed by atoms with Crippen molar-refractivity contribution in [2.24, 2.45) is 5.41 Å². The third-order valence-electron chi connectivity index (χ3n) is 3.15. The van der Waals surface area contributed by atoms with Crippen molar-refractivity contribution >= 4 is 11.9 Å². The Morgan fingerprint density at radius 1 is 1.06 bits per heavy atom. The first-order valence-corrected chi connectivity index (χ1v) is 6.36. The molecule has 0 radical (unpaired) electrons. The molecule has 0 rings (SSSR count). The van der Waals surface area contributed by atoms with Crippen molar-refractivity contribution in [3.8, 4) is 0 Å². The SMILES string of the molecule is CCOC(=O)C(CC)(CC)C(=O)OC(C)CC. The monoisotopic (exact) mass is 244 g/mol. The van der Waals surface area contributed by atoms with Gasteiger partial charge in [0.1, 0.15) is 0 Å². The fraction of sp³-hybridized carbons (Fsp3) is 0.846. The number of hydrogen-bond acceptors (Lipinski definition) is 4. The molecule has 0 spiro atoms. The third-order valence-corrected chi connectivity index (χ3v) is 3.15. The van der Waals surface area contributed by atoms with Crippen LogP contribution in [-0.2, 0) is 19.1 Å². The molecule has 0 aromatic rings. The summed E-state index contributed by atoms with van der Waals surface area (Å²) < 4.78 is 10.3. The fourth-order valence-corrected chi connectivity index (χ4v) is 1.56. The van der Waals surface area contributed by atoms with Crippen LogP contribution >= 0.6 is 0 Å². The van der Waals surface area contributed by atoms with Crippen LogP contribution in [0.25, 0.3) is 0 Å². The Morgan fingerprint density at radius 2 is 1.59 bits per heavy atom. The summed E-state index contributed by atoms with van der Waals surface area (Å²) in [5.41, 5.74) is -1.14. The van der Waals surface area contributed by atoms with Gasteiger partial charge in [0.15, 0.2) is 5.41 Å². The summed E-state index contributed by atoms with van der Waals surface area (Å²) in [4.78, 5) is 24.0. The lowest BCUT2D eigenvalue weighted by Gasteiger charge is -2.28. The van der Waals surface area contributed by atoms with Gasteiger partial charge in [0.05, 0.1) is 12.7 Å². The van der Waals surface area contributed by atoms with E-state index in [0.29, 0.717) is 12.8 Å². The van der Waals surface area contributed by atoms with Gasteiger partial charge in [-0.3, -0.25) is 9.59 Å². The molecule has 0 aliphatic heterocycles. The second-order valence-electron chi connectivity index (χ2n) is 4.13. The topological polar surface area (TPSA) is 52.6 Å². The van der Waals surface area contributed by atoms with E-state index in [1.807, 2.05) is 13.8 Å². The standard InChI is InChI=1S/C13H24O4/c1-6-10(5)17-12(15)13(7-2,8-3)11(14)16-9-4/h10H,6-9H2,1-5H3. The average molecular weight is 244 g/mol. The van der Waals surface area contributed by atoms with Gasteiger partial charge in [-0.05, 0) is 33.1 Å². The predicted molar refractivity (Wildman–Crippen MR) is 65.5 cm³/mol. The van der Waals surface area contributed by atoms with E-state index in [-0.39, 0.29) is 12.7 Å². The zero-order valence-corrected chi connectivity index (χ0v) is 11.5. The summed E-state index contributed by atoms with van der Waals surface area (Å²) in [7, 11) is 0. The average Bonchev–Trinajstić information content (AvgIpc) is 2.31. The number of rotatable bonds is 7. The highest BCUT2D eigenvalue weighted by Crippen LogP contribution is 2.30. The molecule has 4 heteroatoms. The number of carbonyl (C=O) groups excluding carboxylic acids is 2. The Hall–Kier alpha value is -1.06. The Bertz CT molecular complexity index is 256. The van der Waals surface area contributed by atoms with Gasteiger partial charge in [0.2, 0.25) is 0 Å². The third kappa shape index (κ3) is 3.72. The maximum atomic E-state index is 12.1. The molecule has 4 nitrogen and oxygen atoms in total. The van der Waals surface area contributed by atoms with E-state index in [4.69, 9.17) is 9.47 Å². The molecule has 100 valence electrons. The lowest BCUT2D eigenvalue weighted by molar-refractivity contribution is -0.175. The van der Waals surface area contributed by atoms with Crippen LogP contribution < -0.4 is 0 Å². The number of ether oxygens (including phenoxy) is 2. The molecule has 1 atom stereocenters. The zero-order chi connectivity index (χ0) is 13.5. The highest BCUT2D eigenvalue weighted by atomic mass is 16.6. The van der Waals surface area contributed by atoms with Crippen LogP contribution in [0, 0.1) is 5.41 Å². The van der Waals surface area contributed by atoms with E-state index >= 15 is 0 Å². The second kappa shape index (κ2) is 7.30. The van der Waals surface area contributed by atoms with Crippen molar-refractivity contribution in [2.75, 3.05) is 6.61 Å². The van der Waals surface area contributed by atoms with Gasteiger partial charge in [-0.1, -0.05) is 20.8 Å². The van der Waals surface area contributed by atoms with Crippen LogP contribution in [0.5, 0.6) is 0 Å². The van der Waals surface area contributed by atoms with Crippen LogP contribution in [0.4, 0.5) is 0 Å². The summed E-state index contributed by atoms with van der Waals surface area (Å²) in [6, 6.07) is 0.